The van der Waals surface area contributed by atoms with Crippen LogP contribution in [-0.2, 0) is 4.79 Å². The average molecular weight is 336 g/mol. The lowest BCUT2D eigenvalue weighted by Crippen LogP contribution is -2.43. The fraction of sp³-hybridized carbons (Fsp3) is 0.375. The van der Waals surface area contributed by atoms with Crippen molar-refractivity contribution in [3.63, 3.8) is 0 Å². The van der Waals surface area contributed by atoms with E-state index < -0.39 is 0 Å². The number of benzene rings is 1. The molecule has 1 aromatic carbocycles. The van der Waals surface area contributed by atoms with Gasteiger partial charge in [0, 0.05) is 5.02 Å². The van der Waals surface area contributed by atoms with E-state index in [1.54, 1.807) is 23.1 Å². The van der Waals surface area contributed by atoms with E-state index in [1.807, 2.05) is 12.1 Å². The standard InChI is InChI=1S/C16H18ClN3OS/c17-13-6-4-12(5-7-13)10-14-15(21)20(16(22)18-14)11-19-8-2-1-3-9-19/h4-7,10H,1-3,8-9,11H2,(H,18,22). The molecule has 1 N–H and O–H groups in total. The van der Waals surface area contributed by atoms with Gasteiger partial charge in [-0.1, -0.05) is 30.2 Å². The Morgan fingerprint density at radius 1 is 1.18 bits per heavy atom. The van der Waals surface area contributed by atoms with Crippen molar-refractivity contribution >= 4 is 40.9 Å². The van der Waals surface area contributed by atoms with Gasteiger partial charge in [-0.3, -0.25) is 14.6 Å². The molecule has 2 aliphatic rings. The van der Waals surface area contributed by atoms with Gasteiger partial charge in [0.25, 0.3) is 5.91 Å². The van der Waals surface area contributed by atoms with E-state index in [-0.39, 0.29) is 5.91 Å². The minimum Gasteiger partial charge on any atom is -0.328 e. The van der Waals surface area contributed by atoms with Crippen LogP contribution in [0.3, 0.4) is 0 Å². The third-order valence-electron chi connectivity index (χ3n) is 3.93. The van der Waals surface area contributed by atoms with Crippen LogP contribution < -0.4 is 5.32 Å². The van der Waals surface area contributed by atoms with Gasteiger partial charge in [0.2, 0.25) is 0 Å². The molecule has 1 aromatic rings. The van der Waals surface area contributed by atoms with Crippen LogP contribution in [0.15, 0.2) is 30.0 Å². The molecule has 0 atom stereocenters. The van der Waals surface area contributed by atoms with Gasteiger partial charge in [0.15, 0.2) is 5.11 Å². The van der Waals surface area contributed by atoms with Crippen LogP contribution in [0, 0.1) is 0 Å². The topological polar surface area (TPSA) is 35.6 Å². The Kier molecular flexibility index (Phi) is 4.76. The molecule has 22 heavy (non-hydrogen) atoms. The summed E-state index contributed by atoms with van der Waals surface area (Å²) in [4.78, 5) is 16.4. The summed E-state index contributed by atoms with van der Waals surface area (Å²) in [6.45, 7) is 2.63. The molecule has 2 aliphatic heterocycles. The van der Waals surface area contributed by atoms with Gasteiger partial charge in [0.05, 0.1) is 6.67 Å². The first-order valence-electron chi connectivity index (χ1n) is 7.46. The Bertz CT molecular complexity index is 608. The minimum absolute atomic E-state index is 0.0643. The number of carbonyl (C=O) groups is 1. The minimum atomic E-state index is -0.0643. The number of likely N-dealkylation sites (tertiary alicyclic amines) is 1. The molecule has 0 spiro atoms. The molecule has 0 radical (unpaired) electrons. The Morgan fingerprint density at radius 3 is 2.55 bits per heavy atom. The van der Waals surface area contributed by atoms with Crippen LogP contribution in [0.25, 0.3) is 6.08 Å². The zero-order valence-corrected chi connectivity index (χ0v) is 13.8. The van der Waals surface area contributed by atoms with E-state index in [4.69, 9.17) is 23.8 Å². The molecule has 2 heterocycles. The summed E-state index contributed by atoms with van der Waals surface area (Å²) in [5.74, 6) is -0.0643. The fourth-order valence-electron chi connectivity index (χ4n) is 2.73. The summed E-state index contributed by atoms with van der Waals surface area (Å²) in [5.41, 5.74) is 1.44. The van der Waals surface area contributed by atoms with Gasteiger partial charge in [0.1, 0.15) is 5.70 Å². The summed E-state index contributed by atoms with van der Waals surface area (Å²) < 4.78 is 0. The highest BCUT2D eigenvalue weighted by Crippen LogP contribution is 2.18. The van der Waals surface area contributed by atoms with Crippen molar-refractivity contribution in [2.75, 3.05) is 19.8 Å². The van der Waals surface area contributed by atoms with Crippen molar-refractivity contribution in [1.82, 2.24) is 15.1 Å². The van der Waals surface area contributed by atoms with Gasteiger partial charge in [-0.2, -0.15) is 0 Å². The van der Waals surface area contributed by atoms with Crippen molar-refractivity contribution in [2.24, 2.45) is 0 Å². The highest BCUT2D eigenvalue weighted by atomic mass is 35.5. The molecule has 116 valence electrons. The average Bonchev–Trinajstić information content (AvgIpc) is 2.78. The molecule has 0 aromatic heterocycles. The molecule has 0 unspecified atom stereocenters. The zero-order chi connectivity index (χ0) is 15.5. The van der Waals surface area contributed by atoms with Crippen molar-refractivity contribution in [3.05, 3.63) is 40.5 Å². The van der Waals surface area contributed by atoms with E-state index >= 15 is 0 Å². The summed E-state index contributed by atoms with van der Waals surface area (Å²) in [6, 6.07) is 7.36. The second-order valence-corrected chi connectivity index (χ2v) is 6.42. The lowest BCUT2D eigenvalue weighted by Gasteiger charge is -2.29. The van der Waals surface area contributed by atoms with Gasteiger partial charge in [-0.25, -0.2) is 0 Å². The monoisotopic (exact) mass is 335 g/mol. The van der Waals surface area contributed by atoms with Crippen LogP contribution >= 0.6 is 23.8 Å². The third kappa shape index (κ3) is 3.48. The highest BCUT2D eigenvalue weighted by molar-refractivity contribution is 7.80. The zero-order valence-electron chi connectivity index (χ0n) is 12.2. The van der Waals surface area contributed by atoms with Crippen LogP contribution in [0.1, 0.15) is 24.8 Å². The molecule has 6 heteroatoms. The second-order valence-electron chi connectivity index (χ2n) is 5.59. The fourth-order valence-corrected chi connectivity index (χ4v) is 3.10. The van der Waals surface area contributed by atoms with Crippen molar-refractivity contribution in [2.45, 2.75) is 19.3 Å². The highest BCUT2D eigenvalue weighted by Gasteiger charge is 2.31. The lowest BCUT2D eigenvalue weighted by atomic mass is 10.1. The number of piperidine rings is 1. The number of carbonyl (C=O) groups excluding carboxylic acids is 1. The Labute approximate surface area is 140 Å². The number of rotatable bonds is 3. The van der Waals surface area contributed by atoms with Crippen molar-refractivity contribution < 1.29 is 4.79 Å². The van der Waals surface area contributed by atoms with E-state index in [0.29, 0.717) is 22.5 Å². The van der Waals surface area contributed by atoms with Crippen LogP contribution in [0.5, 0.6) is 0 Å². The number of nitrogens with zero attached hydrogens (tertiary/aromatic N) is 2. The Morgan fingerprint density at radius 2 is 1.86 bits per heavy atom. The first kappa shape index (κ1) is 15.5. The van der Waals surface area contributed by atoms with Crippen LogP contribution in [0.4, 0.5) is 0 Å². The molecule has 0 saturated carbocycles. The first-order valence-corrected chi connectivity index (χ1v) is 8.24. The molecule has 3 rings (SSSR count). The quantitative estimate of drug-likeness (QED) is 0.680. The maximum Gasteiger partial charge on any atom is 0.277 e. The molecular formula is C16H18ClN3OS. The maximum atomic E-state index is 12.5. The molecule has 1 amide bonds. The molecule has 4 nitrogen and oxygen atoms in total. The Hall–Kier alpha value is -1.43. The van der Waals surface area contributed by atoms with Crippen LogP contribution in [-0.4, -0.2) is 40.6 Å². The summed E-state index contributed by atoms with van der Waals surface area (Å²) in [7, 11) is 0. The lowest BCUT2D eigenvalue weighted by molar-refractivity contribution is -0.123. The van der Waals surface area contributed by atoms with E-state index in [0.717, 1.165) is 18.7 Å². The van der Waals surface area contributed by atoms with Crippen molar-refractivity contribution in [3.8, 4) is 0 Å². The predicted molar refractivity (Wildman–Crippen MR) is 92.3 cm³/mol. The molecule has 0 bridgehead atoms. The number of hydrogen-bond acceptors (Lipinski definition) is 3. The number of hydrogen-bond donors (Lipinski definition) is 1. The van der Waals surface area contributed by atoms with Gasteiger partial charge in [-0.05, 0) is 61.9 Å². The van der Waals surface area contributed by atoms with Crippen molar-refractivity contribution in [1.29, 1.82) is 0 Å². The first-order chi connectivity index (χ1) is 10.6. The summed E-state index contributed by atoms with van der Waals surface area (Å²) in [5, 5.41) is 4.17. The maximum absolute atomic E-state index is 12.5. The van der Waals surface area contributed by atoms with Gasteiger partial charge in [-0.15, -0.1) is 0 Å². The number of thiocarbonyl (C=S) groups is 1. The molecule has 2 fully saturated rings. The van der Waals surface area contributed by atoms with Crippen LogP contribution in [0.2, 0.25) is 5.02 Å². The molecule has 2 saturated heterocycles. The normalized spacial score (nSPS) is 21.5. The second kappa shape index (κ2) is 6.77. The van der Waals surface area contributed by atoms with E-state index in [2.05, 4.69) is 10.2 Å². The van der Waals surface area contributed by atoms with Gasteiger partial charge >= 0.3 is 0 Å². The summed E-state index contributed by atoms with van der Waals surface area (Å²) in [6.07, 6.45) is 5.46. The number of amides is 1. The molecule has 0 aliphatic carbocycles. The largest absolute Gasteiger partial charge is 0.328 e. The van der Waals surface area contributed by atoms with E-state index in [1.165, 1.54) is 19.3 Å². The number of nitrogens with one attached hydrogen (secondary N) is 1. The number of halogens is 1. The van der Waals surface area contributed by atoms with Gasteiger partial charge < -0.3 is 5.32 Å². The Balaban J connectivity index is 1.71. The SMILES string of the molecule is O=C1C(=Cc2ccc(Cl)cc2)NC(=S)N1CN1CCCCC1. The smallest absolute Gasteiger partial charge is 0.277 e. The third-order valence-corrected chi connectivity index (χ3v) is 4.51. The van der Waals surface area contributed by atoms with E-state index in [9.17, 15) is 4.79 Å². The molecular weight excluding hydrogens is 318 g/mol. The summed E-state index contributed by atoms with van der Waals surface area (Å²) >= 11 is 11.2. The predicted octanol–water partition coefficient (Wildman–Crippen LogP) is 2.84.